The standard InChI is InChI=1S/C7H7ClINO2S/c1-13(11,12)10-7-3-2-5(9)4-6(7)8/h2-4,10H,1H3. The van der Waals surface area contributed by atoms with Crippen molar-refractivity contribution in [3.05, 3.63) is 26.8 Å². The maximum atomic E-state index is 10.9. The van der Waals surface area contributed by atoms with E-state index in [1.807, 2.05) is 0 Å². The summed E-state index contributed by atoms with van der Waals surface area (Å²) in [6.07, 6.45) is 1.08. The van der Waals surface area contributed by atoms with Gasteiger partial charge in [0.2, 0.25) is 10.0 Å². The summed E-state index contributed by atoms with van der Waals surface area (Å²) >= 11 is 7.90. The molecule has 0 saturated heterocycles. The summed E-state index contributed by atoms with van der Waals surface area (Å²) in [6, 6.07) is 5.10. The lowest BCUT2D eigenvalue weighted by molar-refractivity contribution is 0.607. The van der Waals surface area contributed by atoms with Crippen molar-refractivity contribution >= 4 is 49.9 Å². The van der Waals surface area contributed by atoms with E-state index in [1.165, 1.54) is 0 Å². The number of nitrogens with one attached hydrogen (secondary N) is 1. The number of hydrogen-bond acceptors (Lipinski definition) is 2. The molecule has 13 heavy (non-hydrogen) atoms. The molecule has 6 heteroatoms. The predicted molar refractivity (Wildman–Crippen MR) is 62.6 cm³/mol. The Morgan fingerprint density at radius 2 is 2.08 bits per heavy atom. The van der Waals surface area contributed by atoms with Crippen LogP contribution in [0.4, 0.5) is 5.69 Å². The van der Waals surface area contributed by atoms with Gasteiger partial charge in [-0.1, -0.05) is 11.6 Å². The molecule has 1 aromatic carbocycles. The molecule has 0 radical (unpaired) electrons. The lowest BCUT2D eigenvalue weighted by Gasteiger charge is -2.05. The zero-order valence-electron chi connectivity index (χ0n) is 6.71. The van der Waals surface area contributed by atoms with Crippen LogP contribution in [-0.4, -0.2) is 14.7 Å². The largest absolute Gasteiger partial charge is 0.282 e. The Balaban J connectivity index is 3.04. The number of benzene rings is 1. The van der Waals surface area contributed by atoms with Crippen LogP contribution in [0.3, 0.4) is 0 Å². The third-order valence-corrected chi connectivity index (χ3v) is 2.80. The summed E-state index contributed by atoms with van der Waals surface area (Å²) in [5, 5.41) is 0.400. The molecule has 0 heterocycles. The van der Waals surface area contributed by atoms with E-state index in [1.54, 1.807) is 18.2 Å². The highest BCUT2D eigenvalue weighted by molar-refractivity contribution is 14.1. The maximum absolute atomic E-state index is 10.9. The quantitative estimate of drug-likeness (QED) is 0.845. The summed E-state index contributed by atoms with van der Waals surface area (Å²) in [5.74, 6) is 0. The van der Waals surface area contributed by atoms with Crippen LogP contribution in [0.2, 0.25) is 5.02 Å². The van der Waals surface area contributed by atoms with Crippen LogP contribution < -0.4 is 4.72 Å². The van der Waals surface area contributed by atoms with Crippen LogP contribution in [0, 0.1) is 3.57 Å². The lowest BCUT2D eigenvalue weighted by Crippen LogP contribution is -2.09. The van der Waals surface area contributed by atoms with Crippen LogP contribution in [0.5, 0.6) is 0 Å². The third kappa shape index (κ3) is 3.70. The monoisotopic (exact) mass is 331 g/mol. The molecule has 0 saturated carbocycles. The van der Waals surface area contributed by atoms with Crippen LogP contribution in [-0.2, 0) is 10.0 Å². The Morgan fingerprint density at radius 1 is 1.46 bits per heavy atom. The van der Waals surface area contributed by atoms with E-state index >= 15 is 0 Å². The van der Waals surface area contributed by atoms with Crippen LogP contribution in [0.15, 0.2) is 18.2 Å². The molecule has 0 aliphatic carbocycles. The molecule has 0 spiro atoms. The minimum absolute atomic E-state index is 0.400. The SMILES string of the molecule is CS(=O)(=O)Nc1ccc(I)cc1Cl. The first-order valence-electron chi connectivity index (χ1n) is 3.31. The van der Waals surface area contributed by atoms with Gasteiger partial charge in [0.15, 0.2) is 0 Å². The molecule has 0 aliphatic rings. The number of sulfonamides is 1. The van der Waals surface area contributed by atoms with Gasteiger partial charge in [0.25, 0.3) is 0 Å². The van der Waals surface area contributed by atoms with Crippen molar-refractivity contribution < 1.29 is 8.42 Å². The van der Waals surface area contributed by atoms with Gasteiger partial charge in [0.1, 0.15) is 0 Å². The third-order valence-electron chi connectivity index (χ3n) is 1.23. The van der Waals surface area contributed by atoms with E-state index in [4.69, 9.17) is 11.6 Å². The van der Waals surface area contributed by atoms with Crippen LogP contribution in [0.25, 0.3) is 0 Å². The summed E-state index contributed by atoms with van der Waals surface area (Å²) in [6.45, 7) is 0. The molecule has 0 atom stereocenters. The highest BCUT2D eigenvalue weighted by Gasteiger charge is 2.05. The van der Waals surface area contributed by atoms with Crippen LogP contribution >= 0.6 is 34.2 Å². The second-order valence-corrected chi connectivity index (χ2v) is 5.90. The molecule has 0 amide bonds. The lowest BCUT2D eigenvalue weighted by atomic mass is 10.3. The van der Waals surface area contributed by atoms with Crippen molar-refractivity contribution in [2.24, 2.45) is 0 Å². The van der Waals surface area contributed by atoms with Gasteiger partial charge in [0, 0.05) is 3.57 Å². The Kier molecular flexibility index (Phi) is 3.42. The number of rotatable bonds is 2. The maximum Gasteiger partial charge on any atom is 0.229 e. The molecular formula is C7H7ClINO2S. The Bertz CT molecular complexity index is 419. The molecule has 1 N–H and O–H groups in total. The molecule has 0 bridgehead atoms. The first kappa shape index (κ1) is 11.1. The molecular weight excluding hydrogens is 325 g/mol. The predicted octanol–water partition coefficient (Wildman–Crippen LogP) is 2.32. The van der Waals surface area contributed by atoms with Gasteiger partial charge in [-0.15, -0.1) is 0 Å². The first-order chi connectivity index (χ1) is 5.88. The second-order valence-electron chi connectivity index (χ2n) is 2.50. The van der Waals surface area contributed by atoms with Crippen molar-refractivity contribution in [3.63, 3.8) is 0 Å². The number of anilines is 1. The molecule has 0 unspecified atom stereocenters. The van der Waals surface area contributed by atoms with E-state index in [0.29, 0.717) is 10.7 Å². The Hall–Kier alpha value is -0.0100. The summed E-state index contributed by atoms with van der Waals surface area (Å²) in [4.78, 5) is 0. The van der Waals surface area contributed by atoms with E-state index in [-0.39, 0.29) is 0 Å². The highest BCUT2D eigenvalue weighted by atomic mass is 127. The molecule has 72 valence electrons. The molecule has 0 aliphatic heterocycles. The van der Waals surface area contributed by atoms with Gasteiger partial charge in [-0.3, -0.25) is 4.72 Å². The minimum Gasteiger partial charge on any atom is -0.282 e. The summed E-state index contributed by atoms with van der Waals surface area (Å²) < 4.78 is 25.0. The van der Waals surface area contributed by atoms with Crippen molar-refractivity contribution in [3.8, 4) is 0 Å². The zero-order valence-corrected chi connectivity index (χ0v) is 10.4. The first-order valence-corrected chi connectivity index (χ1v) is 6.66. The van der Waals surface area contributed by atoms with Gasteiger partial charge < -0.3 is 0 Å². The molecule has 1 rings (SSSR count). The van der Waals surface area contributed by atoms with Gasteiger partial charge in [-0.05, 0) is 40.8 Å². The summed E-state index contributed by atoms with van der Waals surface area (Å²) in [5.41, 5.74) is 0.407. The zero-order chi connectivity index (χ0) is 10.1. The van der Waals surface area contributed by atoms with Gasteiger partial charge >= 0.3 is 0 Å². The fourth-order valence-electron chi connectivity index (χ4n) is 0.772. The molecule has 1 aromatic rings. The van der Waals surface area contributed by atoms with E-state index in [2.05, 4.69) is 27.3 Å². The minimum atomic E-state index is -3.25. The smallest absolute Gasteiger partial charge is 0.229 e. The average molecular weight is 332 g/mol. The fraction of sp³-hybridized carbons (Fsp3) is 0.143. The van der Waals surface area contributed by atoms with Crippen molar-refractivity contribution in [1.29, 1.82) is 0 Å². The topological polar surface area (TPSA) is 46.2 Å². The number of halogens is 2. The van der Waals surface area contributed by atoms with E-state index in [0.717, 1.165) is 9.83 Å². The number of hydrogen-bond donors (Lipinski definition) is 1. The summed E-state index contributed by atoms with van der Waals surface area (Å²) in [7, 11) is -3.25. The van der Waals surface area contributed by atoms with Crippen molar-refractivity contribution in [1.82, 2.24) is 0 Å². The second kappa shape index (κ2) is 4.02. The van der Waals surface area contributed by atoms with Gasteiger partial charge in [-0.2, -0.15) is 0 Å². The van der Waals surface area contributed by atoms with Gasteiger partial charge in [-0.25, -0.2) is 8.42 Å². The van der Waals surface area contributed by atoms with Crippen molar-refractivity contribution in [2.45, 2.75) is 0 Å². The molecule has 0 aromatic heterocycles. The van der Waals surface area contributed by atoms with Crippen LogP contribution in [0.1, 0.15) is 0 Å². The van der Waals surface area contributed by atoms with E-state index in [9.17, 15) is 8.42 Å². The average Bonchev–Trinajstić information content (AvgIpc) is 1.93. The van der Waals surface area contributed by atoms with Crippen molar-refractivity contribution in [2.75, 3.05) is 11.0 Å². The molecule has 0 fully saturated rings. The van der Waals surface area contributed by atoms with E-state index < -0.39 is 10.0 Å². The fourth-order valence-corrected chi connectivity index (χ4v) is 2.31. The highest BCUT2D eigenvalue weighted by Crippen LogP contribution is 2.24. The Labute approximate surface area is 95.7 Å². The molecule has 3 nitrogen and oxygen atoms in total. The Morgan fingerprint density at radius 3 is 2.54 bits per heavy atom. The van der Waals surface area contributed by atoms with Gasteiger partial charge in [0.05, 0.1) is 17.0 Å². The normalized spacial score (nSPS) is 11.3.